The Morgan fingerprint density at radius 1 is 0.833 bits per heavy atom. The fourth-order valence-corrected chi connectivity index (χ4v) is 2.75. The SMILES string of the molecule is O=C(Nc1ccccc1)c1cc2c(ccc3ccccc32)oc1=O. The lowest BCUT2D eigenvalue weighted by Crippen LogP contribution is -2.20. The number of fused-ring (bicyclic) bond motifs is 3. The molecule has 0 atom stereocenters. The molecule has 3 aromatic carbocycles. The van der Waals surface area contributed by atoms with Crippen LogP contribution in [0.15, 0.2) is 82.0 Å². The summed E-state index contributed by atoms with van der Waals surface area (Å²) in [7, 11) is 0. The summed E-state index contributed by atoms with van der Waals surface area (Å²) in [6, 6.07) is 22.0. The van der Waals surface area contributed by atoms with Gasteiger partial charge in [-0.3, -0.25) is 4.79 Å². The first-order valence-electron chi connectivity index (χ1n) is 7.54. The lowest BCUT2D eigenvalue weighted by molar-refractivity contribution is 0.102. The van der Waals surface area contributed by atoms with Crippen LogP contribution in [0.2, 0.25) is 0 Å². The van der Waals surface area contributed by atoms with Crippen LogP contribution in [0.3, 0.4) is 0 Å². The lowest BCUT2D eigenvalue weighted by atomic mass is 10.0. The van der Waals surface area contributed by atoms with Crippen LogP contribution in [0.25, 0.3) is 21.7 Å². The molecule has 0 bridgehead atoms. The first-order chi connectivity index (χ1) is 11.7. The standard InChI is InChI=1S/C20H13NO3/c22-19(21-14-7-2-1-3-8-14)17-12-16-15-9-5-4-6-13(15)10-11-18(16)24-20(17)23/h1-12H,(H,21,22). The van der Waals surface area contributed by atoms with Gasteiger partial charge >= 0.3 is 5.63 Å². The van der Waals surface area contributed by atoms with Crippen molar-refractivity contribution in [1.82, 2.24) is 0 Å². The van der Waals surface area contributed by atoms with Crippen LogP contribution in [-0.2, 0) is 0 Å². The summed E-state index contributed by atoms with van der Waals surface area (Å²) in [5, 5.41) is 5.41. The summed E-state index contributed by atoms with van der Waals surface area (Å²) in [4.78, 5) is 24.6. The molecule has 4 rings (SSSR count). The number of benzene rings is 3. The second kappa shape index (κ2) is 5.66. The van der Waals surface area contributed by atoms with Crippen molar-refractivity contribution in [2.45, 2.75) is 0 Å². The predicted molar refractivity (Wildman–Crippen MR) is 94.4 cm³/mol. The second-order valence-electron chi connectivity index (χ2n) is 5.47. The largest absolute Gasteiger partial charge is 0.422 e. The van der Waals surface area contributed by atoms with E-state index in [0.717, 1.165) is 16.2 Å². The number of hydrogen-bond donors (Lipinski definition) is 1. The zero-order valence-corrected chi connectivity index (χ0v) is 12.7. The van der Waals surface area contributed by atoms with Crippen molar-refractivity contribution < 1.29 is 9.21 Å². The zero-order chi connectivity index (χ0) is 16.5. The Morgan fingerprint density at radius 2 is 1.58 bits per heavy atom. The highest BCUT2D eigenvalue weighted by Crippen LogP contribution is 2.25. The number of hydrogen-bond acceptors (Lipinski definition) is 3. The van der Waals surface area contributed by atoms with Gasteiger partial charge in [0.2, 0.25) is 0 Å². The molecule has 0 aliphatic rings. The van der Waals surface area contributed by atoms with Gasteiger partial charge in [0, 0.05) is 11.1 Å². The number of rotatable bonds is 2. The molecule has 0 radical (unpaired) electrons. The van der Waals surface area contributed by atoms with Crippen molar-refractivity contribution in [1.29, 1.82) is 0 Å². The van der Waals surface area contributed by atoms with Crippen LogP contribution in [0.1, 0.15) is 10.4 Å². The average Bonchev–Trinajstić information content (AvgIpc) is 2.61. The van der Waals surface area contributed by atoms with Crippen molar-refractivity contribution in [3.8, 4) is 0 Å². The minimum Gasteiger partial charge on any atom is -0.422 e. The highest BCUT2D eigenvalue weighted by atomic mass is 16.4. The molecule has 4 heteroatoms. The van der Waals surface area contributed by atoms with Crippen LogP contribution in [0.5, 0.6) is 0 Å². The summed E-state index contributed by atoms with van der Waals surface area (Å²) in [5.74, 6) is -0.482. The van der Waals surface area contributed by atoms with Gasteiger partial charge in [0.05, 0.1) is 0 Å². The fourth-order valence-electron chi connectivity index (χ4n) is 2.75. The number of carbonyl (C=O) groups excluding carboxylic acids is 1. The molecule has 0 fully saturated rings. The van der Waals surface area contributed by atoms with E-state index < -0.39 is 11.5 Å². The molecule has 0 aliphatic carbocycles. The van der Waals surface area contributed by atoms with Crippen molar-refractivity contribution in [3.63, 3.8) is 0 Å². The predicted octanol–water partition coefficient (Wildman–Crippen LogP) is 4.20. The fraction of sp³-hybridized carbons (Fsp3) is 0. The van der Waals surface area contributed by atoms with Crippen molar-refractivity contribution in [3.05, 3.63) is 88.8 Å². The monoisotopic (exact) mass is 315 g/mol. The third-order valence-electron chi connectivity index (χ3n) is 3.92. The van der Waals surface area contributed by atoms with Crippen molar-refractivity contribution >= 4 is 33.3 Å². The number of para-hydroxylation sites is 1. The molecule has 0 unspecified atom stereocenters. The molecule has 4 nitrogen and oxygen atoms in total. The minimum absolute atomic E-state index is 0.0114. The van der Waals surface area contributed by atoms with Crippen molar-refractivity contribution in [2.75, 3.05) is 5.32 Å². The molecule has 0 saturated heterocycles. The Balaban J connectivity index is 1.86. The maximum absolute atomic E-state index is 12.4. The molecular weight excluding hydrogens is 302 g/mol. The van der Waals surface area contributed by atoms with Crippen LogP contribution in [0, 0.1) is 0 Å². The van der Waals surface area contributed by atoms with E-state index in [-0.39, 0.29) is 5.56 Å². The van der Waals surface area contributed by atoms with Crippen molar-refractivity contribution in [2.24, 2.45) is 0 Å². The summed E-state index contributed by atoms with van der Waals surface area (Å²) >= 11 is 0. The summed E-state index contributed by atoms with van der Waals surface area (Å²) in [5.41, 5.74) is 0.434. The van der Waals surface area contributed by atoms with Crippen LogP contribution in [-0.4, -0.2) is 5.91 Å². The molecule has 1 N–H and O–H groups in total. The van der Waals surface area contributed by atoms with Gasteiger partial charge in [-0.1, -0.05) is 48.5 Å². The molecule has 1 heterocycles. The Bertz CT molecular complexity index is 1110. The smallest absolute Gasteiger partial charge is 0.349 e. The number of carbonyl (C=O) groups is 1. The van der Waals surface area contributed by atoms with Crippen LogP contribution < -0.4 is 10.9 Å². The minimum atomic E-state index is -0.647. The molecular formula is C20H13NO3. The first-order valence-corrected chi connectivity index (χ1v) is 7.54. The number of anilines is 1. The molecule has 4 aromatic rings. The van der Waals surface area contributed by atoms with Gasteiger partial charge in [-0.25, -0.2) is 4.79 Å². The van der Waals surface area contributed by atoms with E-state index >= 15 is 0 Å². The third-order valence-corrected chi connectivity index (χ3v) is 3.92. The van der Waals surface area contributed by atoms with Gasteiger partial charge in [-0.15, -0.1) is 0 Å². The van der Waals surface area contributed by atoms with Gasteiger partial charge in [-0.05, 0) is 35.0 Å². The molecule has 0 aliphatic heterocycles. The Labute approximate surface area is 137 Å². The van der Waals surface area contributed by atoms with E-state index in [1.54, 1.807) is 24.3 Å². The molecule has 1 aromatic heterocycles. The Hall–Kier alpha value is -3.40. The zero-order valence-electron chi connectivity index (χ0n) is 12.7. The molecule has 1 amide bonds. The Kier molecular flexibility index (Phi) is 3.35. The second-order valence-corrected chi connectivity index (χ2v) is 5.47. The normalized spacial score (nSPS) is 10.8. The van der Waals surface area contributed by atoms with Gasteiger partial charge in [-0.2, -0.15) is 0 Å². The highest BCUT2D eigenvalue weighted by molar-refractivity contribution is 6.10. The van der Waals surface area contributed by atoms with Gasteiger partial charge < -0.3 is 9.73 Å². The quantitative estimate of drug-likeness (QED) is 0.445. The van der Waals surface area contributed by atoms with Gasteiger partial charge in [0.25, 0.3) is 5.91 Å². The van der Waals surface area contributed by atoms with Crippen LogP contribution >= 0.6 is 0 Å². The third kappa shape index (κ3) is 2.44. The average molecular weight is 315 g/mol. The summed E-state index contributed by atoms with van der Waals surface area (Å²) in [6.45, 7) is 0. The molecule has 0 saturated carbocycles. The van der Waals surface area contributed by atoms with E-state index in [0.29, 0.717) is 11.3 Å². The number of amides is 1. The topological polar surface area (TPSA) is 59.3 Å². The maximum atomic E-state index is 12.4. The van der Waals surface area contributed by atoms with E-state index in [1.807, 2.05) is 48.5 Å². The lowest BCUT2D eigenvalue weighted by Gasteiger charge is -2.06. The highest BCUT2D eigenvalue weighted by Gasteiger charge is 2.15. The van der Waals surface area contributed by atoms with E-state index in [1.165, 1.54) is 0 Å². The van der Waals surface area contributed by atoms with Gasteiger partial charge in [0.15, 0.2) is 0 Å². The maximum Gasteiger partial charge on any atom is 0.349 e. The van der Waals surface area contributed by atoms with E-state index in [9.17, 15) is 9.59 Å². The van der Waals surface area contributed by atoms with E-state index in [2.05, 4.69) is 5.32 Å². The van der Waals surface area contributed by atoms with Crippen LogP contribution in [0.4, 0.5) is 5.69 Å². The molecule has 116 valence electrons. The summed E-state index contributed by atoms with van der Waals surface area (Å²) in [6.07, 6.45) is 0. The summed E-state index contributed by atoms with van der Waals surface area (Å²) < 4.78 is 5.34. The Morgan fingerprint density at radius 3 is 2.42 bits per heavy atom. The van der Waals surface area contributed by atoms with E-state index in [4.69, 9.17) is 4.42 Å². The first kappa shape index (κ1) is 14.2. The molecule has 24 heavy (non-hydrogen) atoms. The van der Waals surface area contributed by atoms with Gasteiger partial charge in [0.1, 0.15) is 11.1 Å². The molecule has 0 spiro atoms. The number of nitrogens with one attached hydrogen (secondary N) is 1.